The van der Waals surface area contributed by atoms with Crippen molar-refractivity contribution in [3.05, 3.63) is 54.1 Å². The van der Waals surface area contributed by atoms with E-state index in [9.17, 15) is 8.42 Å². The molecule has 6 nitrogen and oxygen atoms in total. The Morgan fingerprint density at radius 3 is 2.20 bits per heavy atom. The maximum atomic E-state index is 12.3. The van der Waals surface area contributed by atoms with Crippen LogP contribution in [-0.2, 0) is 16.4 Å². The van der Waals surface area contributed by atoms with Gasteiger partial charge in [0.15, 0.2) is 0 Å². The first kappa shape index (κ1) is 18.8. The third kappa shape index (κ3) is 5.49. The molecule has 0 bridgehead atoms. The zero-order valence-corrected chi connectivity index (χ0v) is 15.3. The first-order valence-electron chi connectivity index (χ1n) is 7.85. The van der Waals surface area contributed by atoms with Crippen molar-refractivity contribution in [1.82, 2.24) is 4.83 Å². The van der Waals surface area contributed by atoms with Gasteiger partial charge in [-0.2, -0.15) is 13.5 Å². The summed E-state index contributed by atoms with van der Waals surface area (Å²) in [6, 6.07) is 13.7. The summed E-state index contributed by atoms with van der Waals surface area (Å²) in [6.07, 6.45) is 0.537. The molecule has 2 rings (SSSR count). The monoisotopic (exact) mass is 362 g/mol. The highest BCUT2D eigenvalue weighted by Crippen LogP contribution is 2.16. The number of hydrogen-bond donors (Lipinski definition) is 1. The minimum Gasteiger partial charge on any atom is -0.497 e. The standard InChI is InChI=1S/C18H22N2O4S/c1-4-24-17-9-11-18(12-10-17)25(21,22)20-19-14(2)13-15-5-7-16(23-3)8-6-15/h5-12,20H,4,13H2,1-3H3/b19-14-. The highest BCUT2D eigenvalue weighted by molar-refractivity contribution is 7.89. The highest BCUT2D eigenvalue weighted by atomic mass is 32.2. The third-order valence-electron chi connectivity index (χ3n) is 3.42. The number of rotatable bonds is 8. The molecule has 25 heavy (non-hydrogen) atoms. The van der Waals surface area contributed by atoms with Gasteiger partial charge < -0.3 is 9.47 Å². The van der Waals surface area contributed by atoms with Crippen LogP contribution in [0.2, 0.25) is 0 Å². The molecule has 134 valence electrons. The lowest BCUT2D eigenvalue weighted by Crippen LogP contribution is -2.20. The van der Waals surface area contributed by atoms with Crippen LogP contribution in [0.3, 0.4) is 0 Å². The van der Waals surface area contributed by atoms with E-state index >= 15 is 0 Å². The Hall–Kier alpha value is -2.54. The van der Waals surface area contributed by atoms with Gasteiger partial charge in [-0.15, -0.1) is 0 Å². The molecule has 2 aromatic rings. The van der Waals surface area contributed by atoms with E-state index in [0.29, 0.717) is 24.5 Å². The number of nitrogens with zero attached hydrogens (tertiary/aromatic N) is 1. The van der Waals surface area contributed by atoms with Gasteiger partial charge in [0.25, 0.3) is 10.0 Å². The minimum atomic E-state index is -3.70. The summed E-state index contributed by atoms with van der Waals surface area (Å²) in [6.45, 7) is 4.16. The number of hydrogen-bond acceptors (Lipinski definition) is 5. The van der Waals surface area contributed by atoms with Crippen molar-refractivity contribution in [2.45, 2.75) is 25.2 Å². The fraction of sp³-hybridized carbons (Fsp3) is 0.278. The smallest absolute Gasteiger partial charge is 0.276 e. The topological polar surface area (TPSA) is 77.0 Å². The van der Waals surface area contributed by atoms with Crippen LogP contribution in [0.5, 0.6) is 11.5 Å². The Labute approximate surface area is 148 Å². The maximum absolute atomic E-state index is 12.3. The van der Waals surface area contributed by atoms with E-state index in [0.717, 1.165) is 11.3 Å². The lowest BCUT2D eigenvalue weighted by atomic mass is 10.1. The third-order valence-corrected chi connectivity index (χ3v) is 4.65. The average Bonchev–Trinajstić information content (AvgIpc) is 2.61. The first-order valence-corrected chi connectivity index (χ1v) is 9.33. The van der Waals surface area contributed by atoms with Crippen LogP contribution in [0.15, 0.2) is 58.5 Å². The minimum absolute atomic E-state index is 0.136. The molecule has 0 saturated carbocycles. The van der Waals surface area contributed by atoms with E-state index in [-0.39, 0.29) is 4.90 Å². The lowest BCUT2D eigenvalue weighted by molar-refractivity contribution is 0.340. The highest BCUT2D eigenvalue weighted by Gasteiger charge is 2.13. The molecule has 0 aliphatic carbocycles. The van der Waals surface area contributed by atoms with E-state index in [2.05, 4.69) is 9.93 Å². The van der Waals surface area contributed by atoms with Crippen LogP contribution in [0.1, 0.15) is 19.4 Å². The maximum Gasteiger partial charge on any atom is 0.276 e. The quantitative estimate of drug-likeness (QED) is 0.578. The van der Waals surface area contributed by atoms with Crippen LogP contribution < -0.4 is 14.3 Å². The van der Waals surface area contributed by atoms with Crippen LogP contribution >= 0.6 is 0 Å². The molecule has 0 aliphatic heterocycles. The van der Waals surface area contributed by atoms with E-state index in [4.69, 9.17) is 9.47 Å². The number of sulfonamides is 1. The molecule has 7 heteroatoms. The van der Waals surface area contributed by atoms with Crippen molar-refractivity contribution >= 4 is 15.7 Å². The molecule has 0 spiro atoms. The van der Waals surface area contributed by atoms with Crippen molar-refractivity contribution in [2.24, 2.45) is 5.10 Å². The van der Waals surface area contributed by atoms with Crippen LogP contribution in [-0.4, -0.2) is 27.8 Å². The molecule has 1 N–H and O–H groups in total. The van der Waals surface area contributed by atoms with Gasteiger partial charge in [-0.05, 0) is 55.8 Å². The van der Waals surface area contributed by atoms with Crippen LogP contribution in [0, 0.1) is 0 Å². The number of hydrazone groups is 1. The Bertz CT molecular complexity index is 813. The van der Waals surface area contributed by atoms with Crippen molar-refractivity contribution in [3.63, 3.8) is 0 Å². The molecule has 0 heterocycles. The van der Waals surface area contributed by atoms with Crippen molar-refractivity contribution in [3.8, 4) is 11.5 Å². The fourth-order valence-electron chi connectivity index (χ4n) is 2.15. The molecule has 0 unspecified atom stereocenters. The molecule has 0 saturated heterocycles. The summed E-state index contributed by atoms with van der Waals surface area (Å²) < 4.78 is 34.9. The predicted octanol–water partition coefficient (Wildman–Crippen LogP) is 2.99. The molecule has 2 aromatic carbocycles. The van der Waals surface area contributed by atoms with Gasteiger partial charge in [0.05, 0.1) is 18.6 Å². The number of ether oxygens (including phenoxy) is 2. The van der Waals surface area contributed by atoms with Gasteiger partial charge in [-0.3, -0.25) is 0 Å². The molecule has 0 atom stereocenters. The molecular formula is C18H22N2O4S. The lowest BCUT2D eigenvalue weighted by Gasteiger charge is -2.07. The molecule has 0 aromatic heterocycles. The van der Waals surface area contributed by atoms with Crippen molar-refractivity contribution in [1.29, 1.82) is 0 Å². The normalized spacial score (nSPS) is 11.9. The van der Waals surface area contributed by atoms with Gasteiger partial charge in [-0.1, -0.05) is 12.1 Å². The summed E-state index contributed by atoms with van der Waals surface area (Å²) in [4.78, 5) is 2.40. The molecule has 0 aliphatic rings. The Kier molecular flexibility index (Phi) is 6.41. The number of methoxy groups -OCH3 is 1. The van der Waals surface area contributed by atoms with Gasteiger partial charge in [0.2, 0.25) is 0 Å². The zero-order chi connectivity index (χ0) is 18.3. The van der Waals surface area contributed by atoms with Gasteiger partial charge in [0.1, 0.15) is 11.5 Å². The summed E-state index contributed by atoms with van der Waals surface area (Å²) >= 11 is 0. The van der Waals surface area contributed by atoms with Crippen LogP contribution in [0.25, 0.3) is 0 Å². The Morgan fingerprint density at radius 2 is 1.64 bits per heavy atom. The van der Waals surface area contributed by atoms with Gasteiger partial charge in [0, 0.05) is 12.1 Å². The van der Waals surface area contributed by atoms with Gasteiger partial charge >= 0.3 is 0 Å². The zero-order valence-electron chi connectivity index (χ0n) is 14.5. The second-order valence-corrected chi connectivity index (χ2v) is 7.03. The number of benzene rings is 2. The molecule has 0 radical (unpaired) electrons. The summed E-state index contributed by atoms with van der Waals surface area (Å²) in [5.41, 5.74) is 1.67. The van der Waals surface area contributed by atoms with Gasteiger partial charge in [-0.25, -0.2) is 4.83 Å². The van der Waals surface area contributed by atoms with E-state index in [1.54, 1.807) is 26.2 Å². The average molecular weight is 362 g/mol. The van der Waals surface area contributed by atoms with E-state index in [1.165, 1.54) is 12.1 Å². The Morgan fingerprint density at radius 1 is 1.04 bits per heavy atom. The molecule has 0 fully saturated rings. The molecular weight excluding hydrogens is 340 g/mol. The fourth-order valence-corrected chi connectivity index (χ4v) is 3.03. The predicted molar refractivity (Wildman–Crippen MR) is 97.7 cm³/mol. The second-order valence-electron chi connectivity index (χ2n) is 5.37. The Balaban J connectivity index is 2.02. The summed E-state index contributed by atoms with van der Waals surface area (Å²) in [7, 11) is -2.09. The van der Waals surface area contributed by atoms with Crippen molar-refractivity contribution < 1.29 is 17.9 Å². The second kappa shape index (κ2) is 8.53. The van der Waals surface area contributed by atoms with E-state index < -0.39 is 10.0 Å². The largest absolute Gasteiger partial charge is 0.497 e. The summed E-state index contributed by atoms with van der Waals surface area (Å²) in [5.74, 6) is 1.40. The number of nitrogens with one attached hydrogen (secondary N) is 1. The van der Waals surface area contributed by atoms with Crippen molar-refractivity contribution in [2.75, 3.05) is 13.7 Å². The first-order chi connectivity index (χ1) is 11.9. The SMILES string of the molecule is CCOc1ccc(S(=O)(=O)N/N=C(/C)Cc2ccc(OC)cc2)cc1. The summed E-state index contributed by atoms with van der Waals surface area (Å²) in [5, 5.41) is 3.99. The molecule has 0 amide bonds. The van der Waals surface area contributed by atoms with Crippen LogP contribution in [0.4, 0.5) is 0 Å². The van der Waals surface area contributed by atoms with E-state index in [1.807, 2.05) is 31.2 Å².